The van der Waals surface area contributed by atoms with E-state index in [0.717, 1.165) is 5.69 Å². The molecule has 21 heavy (non-hydrogen) atoms. The number of benzene rings is 1. The predicted molar refractivity (Wildman–Crippen MR) is 74.6 cm³/mol. The second kappa shape index (κ2) is 5.16. The summed E-state index contributed by atoms with van der Waals surface area (Å²) in [5, 5.41) is 9.83. The van der Waals surface area contributed by atoms with Gasteiger partial charge in [0.2, 0.25) is 11.8 Å². The summed E-state index contributed by atoms with van der Waals surface area (Å²) in [4.78, 5) is 15.8. The monoisotopic (exact) mass is 296 g/mol. The van der Waals surface area contributed by atoms with Gasteiger partial charge in [-0.05, 0) is 12.1 Å². The van der Waals surface area contributed by atoms with Crippen molar-refractivity contribution in [3.63, 3.8) is 0 Å². The third-order valence-corrected chi connectivity index (χ3v) is 4.25. The molecule has 0 bridgehead atoms. The van der Waals surface area contributed by atoms with Crippen molar-refractivity contribution in [3.05, 3.63) is 24.3 Å². The smallest absolute Gasteiger partial charge is 0.249 e. The molecule has 2 aliphatic rings. The molecule has 1 aliphatic carbocycles. The Bertz CT molecular complexity index is 534. The van der Waals surface area contributed by atoms with Crippen LogP contribution >= 0.6 is 0 Å². The molecule has 1 heterocycles. The maximum Gasteiger partial charge on any atom is 0.249 e. The van der Waals surface area contributed by atoms with E-state index >= 15 is 0 Å². The Hall–Kier alpha value is -1.85. The van der Waals surface area contributed by atoms with E-state index in [-0.39, 0.29) is 24.5 Å². The maximum atomic E-state index is 12.8. The second-order valence-electron chi connectivity index (χ2n) is 5.76. The van der Waals surface area contributed by atoms with Gasteiger partial charge >= 0.3 is 0 Å². The minimum Gasteiger partial charge on any atom is -0.506 e. The van der Waals surface area contributed by atoms with Crippen molar-refractivity contribution in [2.24, 2.45) is 5.92 Å². The minimum atomic E-state index is -2.65. The summed E-state index contributed by atoms with van der Waals surface area (Å²) in [5.74, 6) is -3.11. The van der Waals surface area contributed by atoms with Crippen LogP contribution in [-0.2, 0) is 4.79 Å². The fourth-order valence-electron chi connectivity index (χ4n) is 2.99. The molecule has 0 aromatic heterocycles. The molecule has 1 saturated carbocycles. The first-order valence-electron chi connectivity index (χ1n) is 7.16. The summed E-state index contributed by atoms with van der Waals surface area (Å²) in [5.41, 5.74) is 0.750. The number of hydrogen-bond acceptors (Lipinski definition) is 3. The van der Waals surface area contributed by atoms with Crippen LogP contribution < -0.4 is 4.90 Å². The van der Waals surface area contributed by atoms with Crippen molar-refractivity contribution in [1.29, 1.82) is 0 Å². The molecule has 1 aromatic rings. The minimum absolute atomic E-state index is 0.155. The Morgan fingerprint density at radius 2 is 1.76 bits per heavy atom. The van der Waals surface area contributed by atoms with Gasteiger partial charge in [0.1, 0.15) is 5.75 Å². The van der Waals surface area contributed by atoms with Gasteiger partial charge in [0.15, 0.2) is 0 Å². The summed E-state index contributed by atoms with van der Waals surface area (Å²) in [6.45, 7) is 2.23. The number of carbonyl (C=O) groups excluding carboxylic acids is 1. The molecule has 114 valence electrons. The SMILES string of the molecule is O=C(C1CC(F)(F)C1)N1CCN(c2ccccc2O)CC1. The zero-order valence-electron chi connectivity index (χ0n) is 11.6. The van der Waals surface area contributed by atoms with E-state index in [2.05, 4.69) is 0 Å². The number of piperazine rings is 1. The van der Waals surface area contributed by atoms with E-state index in [1.54, 1.807) is 17.0 Å². The summed E-state index contributed by atoms with van der Waals surface area (Å²) in [6.07, 6.45) is -0.628. The van der Waals surface area contributed by atoms with Crippen molar-refractivity contribution >= 4 is 11.6 Å². The summed E-state index contributed by atoms with van der Waals surface area (Å²) >= 11 is 0. The molecule has 1 saturated heterocycles. The van der Waals surface area contributed by atoms with Gasteiger partial charge in [0.25, 0.3) is 0 Å². The van der Waals surface area contributed by atoms with Crippen LogP contribution in [0.2, 0.25) is 0 Å². The Morgan fingerprint density at radius 1 is 1.14 bits per heavy atom. The molecule has 0 atom stereocenters. The molecule has 1 amide bonds. The molecule has 1 N–H and O–H groups in total. The first-order valence-corrected chi connectivity index (χ1v) is 7.16. The first kappa shape index (κ1) is 14.1. The molecule has 2 fully saturated rings. The standard InChI is InChI=1S/C15H18F2N2O2/c16-15(17)9-11(10-15)14(21)19-7-5-18(6-8-19)12-3-1-2-4-13(12)20/h1-4,11,20H,5-10H2. The number of hydrogen-bond donors (Lipinski definition) is 1. The van der Waals surface area contributed by atoms with Gasteiger partial charge in [-0.1, -0.05) is 12.1 Å². The Labute approximate surface area is 122 Å². The average Bonchev–Trinajstić information content (AvgIpc) is 2.45. The molecular weight excluding hydrogens is 278 g/mol. The lowest BCUT2D eigenvalue weighted by atomic mass is 9.80. The maximum absolute atomic E-state index is 12.8. The molecule has 0 unspecified atom stereocenters. The fraction of sp³-hybridized carbons (Fsp3) is 0.533. The highest BCUT2D eigenvalue weighted by atomic mass is 19.3. The van der Waals surface area contributed by atoms with Crippen LogP contribution in [0.15, 0.2) is 24.3 Å². The Morgan fingerprint density at radius 3 is 2.33 bits per heavy atom. The topological polar surface area (TPSA) is 43.8 Å². The van der Waals surface area contributed by atoms with Gasteiger partial charge in [0.05, 0.1) is 5.69 Å². The van der Waals surface area contributed by atoms with Gasteiger partial charge in [0, 0.05) is 44.9 Å². The highest BCUT2D eigenvalue weighted by Crippen LogP contribution is 2.43. The van der Waals surface area contributed by atoms with Crippen LogP contribution in [0.5, 0.6) is 5.75 Å². The van der Waals surface area contributed by atoms with Crippen LogP contribution in [0.3, 0.4) is 0 Å². The van der Waals surface area contributed by atoms with E-state index in [0.29, 0.717) is 26.2 Å². The van der Waals surface area contributed by atoms with E-state index in [9.17, 15) is 18.7 Å². The van der Waals surface area contributed by atoms with Gasteiger partial charge in [-0.3, -0.25) is 4.79 Å². The lowest BCUT2D eigenvalue weighted by Crippen LogP contribution is -2.53. The molecule has 0 radical (unpaired) electrons. The van der Waals surface area contributed by atoms with Gasteiger partial charge in [-0.15, -0.1) is 0 Å². The van der Waals surface area contributed by atoms with Gasteiger partial charge < -0.3 is 14.9 Å². The predicted octanol–water partition coefficient (Wildman–Crippen LogP) is 2.09. The van der Waals surface area contributed by atoms with E-state index in [4.69, 9.17) is 0 Å². The number of amides is 1. The zero-order valence-corrected chi connectivity index (χ0v) is 11.6. The number of phenols is 1. The number of anilines is 1. The van der Waals surface area contributed by atoms with Crippen molar-refractivity contribution in [3.8, 4) is 5.75 Å². The molecule has 6 heteroatoms. The van der Waals surface area contributed by atoms with Crippen LogP contribution in [-0.4, -0.2) is 48.0 Å². The lowest BCUT2D eigenvalue weighted by Gasteiger charge is -2.41. The highest BCUT2D eigenvalue weighted by Gasteiger charge is 2.49. The number of rotatable bonds is 2. The van der Waals surface area contributed by atoms with Crippen molar-refractivity contribution < 1.29 is 18.7 Å². The zero-order chi connectivity index (χ0) is 15.0. The average molecular weight is 296 g/mol. The molecular formula is C15H18F2N2O2. The third-order valence-electron chi connectivity index (χ3n) is 4.25. The molecule has 1 aliphatic heterocycles. The molecule has 1 aromatic carbocycles. The number of nitrogens with zero attached hydrogens (tertiary/aromatic N) is 2. The van der Waals surface area contributed by atoms with Crippen LogP contribution in [0.1, 0.15) is 12.8 Å². The number of carbonyl (C=O) groups is 1. The number of para-hydroxylation sites is 2. The van der Waals surface area contributed by atoms with Gasteiger partial charge in [-0.25, -0.2) is 8.78 Å². The normalized spacial score (nSPS) is 22.0. The molecule has 3 rings (SSSR count). The summed E-state index contributed by atoms with van der Waals surface area (Å²) in [6, 6.07) is 7.07. The van der Waals surface area contributed by atoms with Crippen molar-refractivity contribution in [2.75, 3.05) is 31.1 Å². The first-order chi connectivity index (χ1) is 9.96. The quantitative estimate of drug-likeness (QED) is 0.909. The van der Waals surface area contributed by atoms with Crippen LogP contribution in [0, 0.1) is 5.92 Å². The van der Waals surface area contributed by atoms with E-state index in [1.807, 2.05) is 17.0 Å². The largest absolute Gasteiger partial charge is 0.506 e. The van der Waals surface area contributed by atoms with Crippen LogP contribution in [0.25, 0.3) is 0 Å². The molecule has 0 spiro atoms. The van der Waals surface area contributed by atoms with Crippen molar-refractivity contribution in [1.82, 2.24) is 4.90 Å². The summed E-state index contributed by atoms with van der Waals surface area (Å²) < 4.78 is 25.7. The van der Waals surface area contributed by atoms with Gasteiger partial charge in [-0.2, -0.15) is 0 Å². The third kappa shape index (κ3) is 2.80. The second-order valence-corrected chi connectivity index (χ2v) is 5.76. The van der Waals surface area contributed by atoms with Crippen molar-refractivity contribution in [2.45, 2.75) is 18.8 Å². The number of aromatic hydroxyl groups is 1. The lowest BCUT2D eigenvalue weighted by molar-refractivity contribution is -0.160. The van der Waals surface area contributed by atoms with E-state index < -0.39 is 11.8 Å². The fourth-order valence-corrected chi connectivity index (χ4v) is 2.99. The summed E-state index contributed by atoms with van der Waals surface area (Å²) in [7, 11) is 0. The number of halogens is 2. The number of alkyl halides is 2. The Balaban J connectivity index is 1.56. The highest BCUT2D eigenvalue weighted by molar-refractivity contribution is 5.80. The number of phenolic OH excluding ortho intramolecular Hbond substituents is 1. The Kier molecular flexibility index (Phi) is 3.47. The van der Waals surface area contributed by atoms with E-state index in [1.165, 1.54) is 0 Å². The molecule has 4 nitrogen and oxygen atoms in total. The van der Waals surface area contributed by atoms with Crippen LogP contribution in [0.4, 0.5) is 14.5 Å².